The van der Waals surface area contributed by atoms with Gasteiger partial charge < -0.3 is 5.11 Å². The van der Waals surface area contributed by atoms with Gasteiger partial charge in [-0.15, -0.1) is 0 Å². The lowest BCUT2D eigenvalue weighted by Crippen LogP contribution is -2.22. The summed E-state index contributed by atoms with van der Waals surface area (Å²) < 4.78 is 1.83. The van der Waals surface area contributed by atoms with Crippen LogP contribution in [0.25, 0.3) is 22.2 Å². The first-order valence-corrected chi connectivity index (χ1v) is 7.20. The second kappa shape index (κ2) is 5.66. The molecule has 3 rings (SSSR count). The summed E-state index contributed by atoms with van der Waals surface area (Å²) in [7, 11) is 0. The number of pyridine rings is 1. The van der Waals surface area contributed by atoms with E-state index in [0.29, 0.717) is 6.54 Å². The van der Waals surface area contributed by atoms with Gasteiger partial charge in [0.05, 0.1) is 24.4 Å². The first-order chi connectivity index (χ1) is 10.1. The lowest BCUT2D eigenvalue weighted by atomic mass is 10.1. The van der Waals surface area contributed by atoms with E-state index in [4.69, 9.17) is 0 Å². The molecule has 1 unspecified atom stereocenters. The molecule has 4 nitrogen and oxygen atoms in total. The third-order valence-corrected chi connectivity index (χ3v) is 3.73. The average molecular weight is 281 g/mol. The number of hydrogen-bond donors (Lipinski definition) is 1. The summed E-state index contributed by atoms with van der Waals surface area (Å²) in [6, 6.07) is 12.2. The molecular formula is C17H19N3O. The van der Waals surface area contributed by atoms with Crippen LogP contribution in [0, 0.1) is 5.92 Å². The zero-order valence-corrected chi connectivity index (χ0v) is 12.3. The molecule has 0 aliphatic rings. The van der Waals surface area contributed by atoms with Crippen LogP contribution in [0.2, 0.25) is 0 Å². The minimum atomic E-state index is -0.409. The molecule has 2 aromatic heterocycles. The average Bonchev–Trinajstić information content (AvgIpc) is 2.90. The van der Waals surface area contributed by atoms with Crippen LogP contribution < -0.4 is 0 Å². The van der Waals surface area contributed by atoms with Crippen molar-refractivity contribution in [3.8, 4) is 11.1 Å². The highest BCUT2D eigenvalue weighted by atomic mass is 16.3. The summed E-state index contributed by atoms with van der Waals surface area (Å²) in [5, 5.41) is 14.4. The van der Waals surface area contributed by atoms with Gasteiger partial charge in [0.15, 0.2) is 0 Å². The molecular weight excluding hydrogens is 262 g/mol. The third-order valence-electron chi connectivity index (χ3n) is 3.73. The number of aliphatic hydroxyl groups excluding tert-OH is 1. The Kier molecular flexibility index (Phi) is 3.71. The van der Waals surface area contributed by atoms with E-state index in [9.17, 15) is 5.11 Å². The monoisotopic (exact) mass is 281 g/mol. The summed E-state index contributed by atoms with van der Waals surface area (Å²) in [5.74, 6) is 0.203. The topological polar surface area (TPSA) is 50.9 Å². The van der Waals surface area contributed by atoms with Crippen molar-refractivity contribution in [2.24, 2.45) is 5.92 Å². The molecule has 0 saturated carbocycles. The molecule has 1 atom stereocenters. The van der Waals surface area contributed by atoms with Gasteiger partial charge >= 0.3 is 0 Å². The number of aliphatic hydroxyl groups is 1. The maximum absolute atomic E-state index is 10.1. The molecule has 0 aliphatic carbocycles. The van der Waals surface area contributed by atoms with Crippen molar-refractivity contribution in [3.05, 3.63) is 48.8 Å². The molecule has 1 aromatic carbocycles. The zero-order valence-electron chi connectivity index (χ0n) is 12.3. The predicted molar refractivity (Wildman–Crippen MR) is 83.8 cm³/mol. The maximum Gasteiger partial charge on any atom is 0.108 e. The Hall–Kier alpha value is -2.20. The van der Waals surface area contributed by atoms with Gasteiger partial charge in [0.1, 0.15) is 5.52 Å². The molecule has 0 aliphatic heterocycles. The SMILES string of the molecule is CC(C)C(O)Cn1ncc2ncc(-c3ccccc3)cc21. The van der Waals surface area contributed by atoms with E-state index in [2.05, 4.69) is 28.3 Å². The number of benzene rings is 1. The zero-order chi connectivity index (χ0) is 14.8. The Labute approximate surface area is 124 Å². The number of nitrogens with zero attached hydrogens (tertiary/aromatic N) is 3. The Morgan fingerprint density at radius 3 is 2.57 bits per heavy atom. The van der Waals surface area contributed by atoms with Gasteiger partial charge in [-0.1, -0.05) is 44.2 Å². The molecule has 21 heavy (non-hydrogen) atoms. The molecule has 0 radical (unpaired) electrons. The first kappa shape index (κ1) is 13.8. The van der Waals surface area contributed by atoms with Crippen molar-refractivity contribution in [1.29, 1.82) is 0 Å². The highest BCUT2D eigenvalue weighted by Crippen LogP contribution is 2.22. The molecule has 1 N–H and O–H groups in total. The lowest BCUT2D eigenvalue weighted by Gasteiger charge is -2.14. The standard InChI is InChI=1S/C17H19N3O/c1-12(2)17(21)11-20-16-8-14(9-18-15(16)10-19-20)13-6-4-3-5-7-13/h3-10,12,17,21H,11H2,1-2H3. The van der Waals surface area contributed by atoms with Crippen molar-refractivity contribution >= 4 is 11.0 Å². The van der Waals surface area contributed by atoms with Crippen molar-refractivity contribution < 1.29 is 5.11 Å². The van der Waals surface area contributed by atoms with Gasteiger partial charge in [0.2, 0.25) is 0 Å². The maximum atomic E-state index is 10.1. The van der Waals surface area contributed by atoms with Gasteiger partial charge in [-0.25, -0.2) is 0 Å². The van der Waals surface area contributed by atoms with Gasteiger partial charge in [-0.3, -0.25) is 9.67 Å². The molecule has 2 heterocycles. The third kappa shape index (κ3) is 2.81. The van der Waals surface area contributed by atoms with Crippen molar-refractivity contribution in [2.75, 3.05) is 0 Å². The number of fused-ring (bicyclic) bond motifs is 1. The second-order valence-corrected chi connectivity index (χ2v) is 5.63. The largest absolute Gasteiger partial charge is 0.391 e. The normalized spacial score (nSPS) is 13.0. The fraction of sp³-hybridized carbons (Fsp3) is 0.294. The number of aromatic nitrogens is 3. The highest BCUT2D eigenvalue weighted by Gasteiger charge is 2.13. The van der Waals surface area contributed by atoms with Gasteiger partial charge in [0.25, 0.3) is 0 Å². The lowest BCUT2D eigenvalue weighted by molar-refractivity contribution is 0.104. The first-order valence-electron chi connectivity index (χ1n) is 7.20. The number of rotatable bonds is 4. The van der Waals surface area contributed by atoms with Crippen LogP contribution in [-0.4, -0.2) is 26.0 Å². The van der Waals surface area contributed by atoms with Crippen LogP contribution in [0.4, 0.5) is 0 Å². The van der Waals surface area contributed by atoms with E-state index in [1.165, 1.54) is 0 Å². The van der Waals surface area contributed by atoms with E-state index in [-0.39, 0.29) is 5.92 Å². The summed E-state index contributed by atoms with van der Waals surface area (Å²) in [4.78, 5) is 4.47. The quantitative estimate of drug-likeness (QED) is 0.799. The van der Waals surface area contributed by atoms with Gasteiger partial charge in [-0.2, -0.15) is 5.10 Å². The molecule has 0 saturated heterocycles. The second-order valence-electron chi connectivity index (χ2n) is 5.63. The van der Waals surface area contributed by atoms with E-state index in [1.54, 1.807) is 6.20 Å². The Morgan fingerprint density at radius 1 is 1.10 bits per heavy atom. The van der Waals surface area contributed by atoms with Gasteiger partial charge in [0, 0.05) is 11.8 Å². The van der Waals surface area contributed by atoms with E-state index in [1.807, 2.05) is 42.9 Å². The number of hydrogen-bond acceptors (Lipinski definition) is 3. The van der Waals surface area contributed by atoms with Crippen molar-refractivity contribution in [2.45, 2.75) is 26.5 Å². The molecule has 0 fully saturated rings. The van der Waals surface area contributed by atoms with Gasteiger partial charge in [-0.05, 0) is 17.5 Å². The minimum Gasteiger partial charge on any atom is -0.391 e. The Balaban J connectivity index is 2.00. The van der Waals surface area contributed by atoms with Crippen LogP contribution in [0.1, 0.15) is 13.8 Å². The van der Waals surface area contributed by atoms with Crippen LogP contribution in [0.5, 0.6) is 0 Å². The smallest absolute Gasteiger partial charge is 0.108 e. The summed E-state index contributed by atoms with van der Waals surface area (Å²) in [5.41, 5.74) is 4.00. The van der Waals surface area contributed by atoms with Crippen LogP contribution in [-0.2, 0) is 6.54 Å². The molecule has 0 bridgehead atoms. The summed E-state index contributed by atoms with van der Waals surface area (Å²) in [6.45, 7) is 4.50. The molecule has 4 heteroatoms. The van der Waals surface area contributed by atoms with Crippen LogP contribution in [0.3, 0.4) is 0 Å². The Bertz CT molecular complexity index is 734. The van der Waals surface area contributed by atoms with Crippen LogP contribution >= 0.6 is 0 Å². The van der Waals surface area contributed by atoms with E-state index >= 15 is 0 Å². The molecule has 3 aromatic rings. The Morgan fingerprint density at radius 2 is 1.86 bits per heavy atom. The minimum absolute atomic E-state index is 0.203. The molecule has 0 spiro atoms. The van der Waals surface area contributed by atoms with Crippen molar-refractivity contribution in [1.82, 2.24) is 14.8 Å². The predicted octanol–water partition coefficient (Wildman–Crippen LogP) is 3.12. The summed E-state index contributed by atoms with van der Waals surface area (Å²) >= 11 is 0. The summed E-state index contributed by atoms with van der Waals surface area (Å²) in [6.07, 6.45) is 3.20. The van der Waals surface area contributed by atoms with Crippen molar-refractivity contribution in [3.63, 3.8) is 0 Å². The highest BCUT2D eigenvalue weighted by molar-refractivity contribution is 5.80. The molecule has 0 amide bonds. The molecule has 108 valence electrons. The van der Waals surface area contributed by atoms with E-state index in [0.717, 1.165) is 22.2 Å². The fourth-order valence-corrected chi connectivity index (χ4v) is 2.28. The fourth-order valence-electron chi connectivity index (χ4n) is 2.28. The van der Waals surface area contributed by atoms with Crippen LogP contribution in [0.15, 0.2) is 48.8 Å². The van der Waals surface area contributed by atoms with E-state index < -0.39 is 6.10 Å².